The smallest absolute Gasteiger partial charge is 0.411 e. The highest BCUT2D eigenvalue weighted by molar-refractivity contribution is 5.93. The van der Waals surface area contributed by atoms with E-state index in [2.05, 4.69) is 9.98 Å². The lowest BCUT2D eigenvalue weighted by atomic mass is 10.1. The predicted molar refractivity (Wildman–Crippen MR) is 88.0 cm³/mol. The van der Waals surface area contributed by atoms with Crippen LogP contribution >= 0.6 is 0 Å². The molecular formula is C17H17F6N3O2. The molecule has 0 atom stereocenters. The van der Waals surface area contributed by atoms with Gasteiger partial charge in [-0.3, -0.25) is 0 Å². The molecule has 5 nitrogen and oxygen atoms in total. The minimum atomic E-state index is -5.77. The second kappa shape index (κ2) is 7.61. The first kappa shape index (κ1) is 20.4. The number of hydrogen-bond donors (Lipinski definition) is 0. The van der Waals surface area contributed by atoms with Crippen molar-refractivity contribution in [3.63, 3.8) is 0 Å². The van der Waals surface area contributed by atoms with Crippen LogP contribution in [0.25, 0.3) is 0 Å². The molecule has 11 heteroatoms. The van der Waals surface area contributed by atoms with Crippen LogP contribution in [0.5, 0.6) is 0 Å². The van der Waals surface area contributed by atoms with Crippen LogP contribution < -0.4 is 0 Å². The quantitative estimate of drug-likeness (QED) is 0.718. The van der Waals surface area contributed by atoms with Gasteiger partial charge in [0.2, 0.25) is 0 Å². The molecule has 0 unspecified atom stereocenters. The fourth-order valence-corrected chi connectivity index (χ4v) is 2.80. The molecule has 0 amide bonds. The molecule has 28 heavy (non-hydrogen) atoms. The first-order valence-corrected chi connectivity index (χ1v) is 8.49. The molecule has 1 aromatic rings. The second-order valence-electron chi connectivity index (χ2n) is 6.25. The van der Waals surface area contributed by atoms with Crippen molar-refractivity contribution in [1.82, 2.24) is 4.90 Å². The Morgan fingerprint density at radius 1 is 0.893 bits per heavy atom. The zero-order valence-corrected chi connectivity index (χ0v) is 14.6. The first-order valence-electron chi connectivity index (χ1n) is 8.49. The van der Waals surface area contributed by atoms with Crippen molar-refractivity contribution in [2.45, 2.75) is 30.9 Å². The summed E-state index contributed by atoms with van der Waals surface area (Å²) in [5.41, 5.74) is -3.85. The number of benzene rings is 1. The molecule has 0 aliphatic carbocycles. The van der Waals surface area contributed by atoms with E-state index in [1.54, 1.807) is 30.3 Å². The highest BCUT2D eigenvalue weighted by atomic mass is 19.4. The van der Waals surface area contributed by atoms with Crippen LogP contribution in [0, 0.1) is 0 Å². The molecule has 0 N–H and O–H groups in total. The minimum Gasteiger partial charge on any atom is -0.411 e. The van der Waals surface area contributed by atoms with Crippen molar-refractivity contribution in [2.24, 2.45) is 9.98 Å². The van der Waals surface area contributed by atoms with E-state index in [1.165, 1.54) is 4.90 Å². The van der Waals surface area contributed by atoms with Crippen molar-refractivity contribution in [3.8, 4) is 0 Å². The number of morpholine rings is 1. The summed E-state index contributed by atoms with van der Waals surface area (Å²) in [7, 11) is 0. The van der Waals surface area contributed by atoms with Crippen LogP contribution in [0.15, 0.2) is 40.3 Å². The number of amidine groups is 1. The summed E-state index contributed by atoms with van der Waals surface area (Å²) in [5, 5.41) is 0. The Morgan fingerprint density at radius 3 is 2.07 bits per heavy atom. The van der Waals surface area contributed by atoms with Crippen molar-refractivity contribution < 1.29 is 35.8 Å². The number of ether oxygens (including phenoxy) is 2. The molecule has 154 valence electrons. The summed E-state index contributed by atoms with van der Waals surface area (Å²) in [4.78, 5) is 7.03. The Morgan fingerprint density at radius 2 is 1.50 bits per heavy atom. The van der Waals surface area contributed by atoms with Gasteiger partial charge in [0.25, 0.3) is 6.02 Å². The van der Waals surface area contributed by atoms with E-state index in [-0.39, 0.29) is 39.1 Å². The lowest BCUT2D eigenvalue weighted by Crippen LogP contribution is -2.58. The Labute approximate surface area is 156 Å². The van der Waals surface area contributed by atoms with Crippen LogP contribution in [0.1, 0.15) is 12.0 Å². The van der Waals surface area contributed by atoms with Gasteiger partial charge in [-0.15, -0.1) is 0 Å². The van der Waals surface area contributed by atoms with Gasteiger partial charge in [-0.05, 0) is 12.0 Å². The standard InChI is InChI=1S/C17H17F6N3O2/c18-16(19,20)15(17(21,22)23)24-13(7-6-12-4-2-1-3-5-12)28-14(25-15)26-8-10-27-11-9-26/h1-5H,6-11H2. The summed E-state index contributed by atoms with van der Waals surface area (Å²) in [6, 6.07) is 7.86. The number of aryl methyl sites for hydroxylation is 1. The normalized spacial score (nSPS) is 20.3. The zero-order chi connectivity index (χ0) is 20.4. The number of nitrogens with zero attached hydrogens (tertiary/aromatic N) is 3. The molecule has 2 aliphatic heterocycles. The number of aliphatic imine (C=N–C) groups is 2. The number of halogens is 6. The third-order valence-electron chi connectivity index (χ3n) is 4.30. The molecule has 0 radical (unpaired) electrons. The van der Waals surface area contributed by atoms with E-state index in [4.69, 9.17) is 9.47 Å². The van der Waals surface area contributed by atoms with Crippen LogP contribution in [0.4, 0.5) is 26.3 Å². The summed E-state index contributed by atoms with van der Waals surface area (Å²) >= 11 is 0. The summed E-state index contributed by atoms with van der Waals surface area (Å²) in [6.45, 7) is 0.418. The molecule has 1 aromatic carbocycles. The maximum atomic E-state index is 13.5. The minimum absolute atomic E-state index is 0.0661. The van der Waals surface area contributed by atoms with Crippen molar-refractivity contribution in [1.29, 1.82) is 0 Å². The van der Waals surface area contributed by atoms with E-state index in [9.17, 15) is 26.3 Å². The van der Waals surface area contributed by atoms with Crippen molar-refractivity contribution >= 4 is 11.9 Å². The fourth-order valence-electron chi connectivity index (χ4n) is 2.80. The Balaban J connectivity index is 1.95. The summed E-state index contributed by atoms with van der Waals surface area (Å²) in [6.07, 6.45) is -11.6. The monoisotopic (exact) mass is 409 g/mol. The van der Waals surface area contributed by atoms with Crippen LogP contribution in [-0.2, 0) is 15.9 Å². The SMILES string of the molecule is FC(F)(F)C1(C(F)(F)F)N=C(CCc2ccccc2)OC(N2CCOCC2)=N1. The van der Waals surface area contributed by atoms with E-state index in [0.717, 1.165) is 5.56 Å². The Kier molecular flexibility index (Phi) is 5.55. The zero-order valence-electron chi connectivity index (χ0n) is 14.6. The second-order valence-corrected chi connectivity index (χ2v) is 6.25. The summed E-state index contributed by atoms with van der Waals surface area (Å²) in [5.74, 6) is -0.657. The molecule has 2 heterocycles. The third-order valence-corrected chi connectivity index (χ3v) is 4.30. The Bertz CT molecular complexity index is 725. The average molecular weight is 409 g/mol. The molecule has 0 aromatic heterocycles. The van der Waals surface area contributed by atoms with Crippen LogP contribution in [0.2, 0.25) is 0 Å². The first-order chi connectivity index (χ1) is 13.1. The topological polar surface area (TPSA) is 46.4 Å². The largest absolute Gasteiger partial charge is 0.443 e. The van der Waals surface area contributed by atoms with E-state index in [0.29, 0.717) is 0 Å². The molecular weight excluding hydrogens is 392 g/mol. The van der Waals surface area contributed by atoms with E-state index >= 15 is 0 Å². The molecule has 0 saturated carbocycles. The Hall–Kier alpha value is -2.30. The molecule has 2 aliphatic rings. The number of alkyl halides is 6. The third kappa shape index (κ3) is 4.08. The van der Waals surface area contributed by atoms with Gasteiger partial charge in [-0.1, -0.05) is 30.3 Å². The predicted octanol–water partition coefficient (Wildman–Crippen LogP) is 3.56. The molecule has 1 saturated heterocycles. The van der Waals surface area contributed by atoms with Crippen LogP contribution in [-0.4, -0.2) is 61.1 Å². The van der Waals surface area contributed by atoms with Crippen LogP contribution in [0.3, 0.4) is 0 Å². The van der Waals surface area contributed by atoms with Gasteiger partial charge in [0.05, 0.1) is 13.2 Å². The summed E-state index contributed by atoms with van der Waals surface area (Å²) < 4.78 is 91.6. The van der Waals surface area contributed by atoms with Gasteiger partial charge >= 0.3 is 18.0 Å². The number of rotatable bonds is 3. The lowest BCUT2D eigenvalue weighted by Gasteiger charge is -2.37. The lowest BCUT2D eigenvalue weighted by molar-refractivity contribution is -0.293. The average Bonchev–Trinajstić information content (AvgIpc) is 2.66. The highest BCUT2D eigenvalue weighted by Gasteiger charge is 2.74. The van der Waals surface area contributed by atoms with Gasteiger partial charge in [0, 0.05) is 19.5 Å². The molecule has 0 spiro atoms. The molecule has 0 bridgehead atoms. The van der Waals surface area contributed by atoms with Gasteiger partial charge in [-0.25, -0.2) is 4.99 Å². The van der Waals surface area contributed by atoms with Gasteiger partial charge in [-0.2, -0.15) is 31.3 Å². The van der Waals surface area contributed by atoms with Gasteiger partial charge in [0.1, 0.15) is 0 Å². The van der Waals surface area contributed by atoms with Gasteiger partial charge in [0.15, 0.2) is 5.90 Å². The van der Waals surface area contributed by atoms with E-state index < -0.39 is 29.9 Å². The maximum absolute atomic E-state index is 13.5. The van der Waals surface area contributed by atoms with Crippen molar-refractivity contribution in [2.75, 3.05) is 26.3 Å². The highest BCUT2D eigenvalue weighted by Crippen LogP contribution is 2.48. The maximum Gasteiger partial charge on any atom is 0.443 e. The molecule has 3 rings (SSSR count). The fraction of sp³-hybridized carbons (Fsp3) is 0.529. The van der Waals surface area contributed by atoms with Crippen molar-refractivity contribution in [3.05, 3.63) is 35.9 Å². The molecule has 1 fully saturated rings. The van der Waals surface area contributed by atoms with E-state index in [1.807, 2.05) is 0 Å². The number of hydrogen-bond acceptors (Lipinski definition) is 5. The van der Waals surface area contributed by atoms with Gasteiger partial charge < -0.3 is 14.4 Å².